The van der Waals surface area contributed by atoms with Crippen LogP contribution in [0.2, 0.25) is 0 Å². The van der Waals surface area contributed by atoms with Crippen LogP contribution < -0.4 is 5.43 Å². The maximum absolute atomic E-state index is 12.4. The summed E-state index contributed by atoms with van der Waals surface area (Å²) in [4.78, 5) is 26.0. The molecule has 0 saturated carbocycles. The molecule has 1 amide bonds. The van der Waals surface area contributed by atoms with Gasteiger partial charge in [-0.2, -0.15) is 5.10 Å². The highest BCUT2D eigenvalue weighted by Gasteiger charge is 2.20. The van der Waals surface area contributed by atoms with Gasteiger partial charge in [-0.15, -0.1) is 0 Å². The summed E-state index contributed by atoms with van der Waals surface area (Å²) in [6.07, 6.45) is 1.56. The lowest BCUT2D eigenvalue weighted by atomic mass is 10.0. The van der Waals surface area contributed by atoms with Gasteiger partial charge in [0, 0.05) is 11.5 Å². The molecule has 0 saturated heterocycles. The number of non-ortho nitro benzene ring substituents is 1. The van der Waals surface area contributed by atoms with Crippen LogP contribution in [-0.2, 0) is 0 Å². The Morgan fingerprint density at radius 2 is 1.93 bits per heavy atom. The molecule has 0 spiro atoms. The number of carbonyl (C=O) groups is 1. The summed E-state index contributed by atoms with van der Waals surface area (Å²) in [6.45, 7) is 5.98. The predicted octanol–water partition coefficient (Wildman–Crippen LogP) is 4.27. The fourth-order valence-corrected chi connectivity index (χ4v) is 2.90. The van der Waals surface area contributed by atoms with Crippen molar-refractivity contribution >= 4 is 28.7 Å². The van der Waals surface area contributed by atoms with Crippen molar-refractivity contribution in [2.45, 2.75) is 26.7 Å². The van der Waals surface area contributed by atoms with E-state index in [1.165, 1.54) is 11.6 Å². The number of rotatable bonds is 5. The monoisotopic (exact) mass is 364 g/mol. The maximum Gasteiger partial charge on any atom is 0.293 e. The van der Waals surface area contributed by atoms with E-state index in [1.54, 1.807) is 25.3 Å². The summed E-state index contributed by atoms with van der Waals surface area (Å²) in [5.41, 5.74) is 5.72. The number of aromatic nitrogens is 1. The molecule has 0 atom stereocenters. The number of amides is 1. The van der Waals surface area contributed by atoms with Gasteiger partial charge < -0.3 is 4.98 Å². The number of nitrogens with one attached hydrogen (secondary N) is 2. The van der Waals surface area contributed by atoms with Crippen LogP contribution in [0.3, 0.4) is 0 Å². The Morgan fingerprint density at radius 1 is 1.22 bits per heavy atom. The molecule has 7 heteroatoms. The molecule has 1 heterocycles. The molecule has 0 aliphatic rings. The number of aromatic amines is 1. The maximum atomic E-state index is 12.4. The number of hydrogen-bond acceptors (Lipinski definition) is 4. The molecule has 0 bridgehead atoms. The minimum atomic E-state index is -0.473. The topological polar surface area (TPSA) is 100 Å². The number of nitro benzene ring substituents is 1. The van der Waals surface area contributed by atoms with Gasteiger partial charge in [0.1, 0.15) is 11.2 Å². The van der Waals surface area contributed by atoms with Crippen molar-refractivity contribution < 1.29 is 9.72 Å². The summed E-state index contributed by atoms with van der Waals surface area (Å²) in [5.74, 6) is -0.00205. The van der Waals surface area contributed by atoms with E-state index in [-0.39, 0.29) is 11.4 Å². The van der Waals surface area contributed by atoms with E-state index in [2.05, 4.69) is 29.4 Å². The first-order valence-electron chi connectivity index (χ1n) is 8.57. The number of benzene rings is 2. The Hall–Kier alpha value is -3.48. The number of nitro groups is 1. The second-order valence-electron chi connectivity index (χ2n) is 6.60. The summed E-state index contributed by atoms with van der Waals surface area (Å²) in [5, 5.41) is 15.8. The molecule has 2 N–H and O–H groups in total. The molecule has 1 aromatic heterocycles. The SMILES string of the molecule is Cc1c(C(=O)N/N=C\c2ccc(C(C)C)cc2)[nH]c2c([N+](=O)[O-])cccc12. The molecule has 0 unspecified atom stereocenters. The van der Waals surface area contributed by atoms with Crippen LogP contribution in [0.25, 0.3) is 10.9 Å². The molecule has 27 heavy (non-hydrogen) atoms. The molecule has 0 aliphatic carbocycles. The quantitative estimate of drug-likeness (QED) is 0.401. The first-order valence-corrected chi connectivity index (χ1v) is 8.57. The number of fused-ring (bicyclic) bond motifs is 1. The third kappa shape index (κ3) is 3.72. The second kappa shape index (κ2) is 7.41. The first-order chi connectivity index (χ1) is 12.9. The number of hydrogen-bond donors (Lipinski definition) is 2. The zero-order chi connectivity index (χ0) is 19.6. The number of H-pyrrole nitrogens is 1. The van der Waals surface area contributed by atoms with Crippen LogP contribution in [0.1, 0.15) is 46.9 Å². The van der Waals surface area contributed by atoms with Gasteiger partial charge in [0.2, 0.25) is 0 Å². The highest BCUT2D eigenvalue weighted by atomic mass is 16.6. The number of carbonyl (C=O) groups excluding carboxylic acids is 1. The van der Waals surface area contributed by atoms with E-state index >= 15 is 0 Å². The normalized spacial score (nSPS) is 11.4. The average Bonchev–Trinajstić information content (AvgIpc) is 2.99. The van der Waals surface area contributed by atoms with Crippen molar-refractivity contribution in [3.8, 4) is 0 Å². The van der Waals surface area contributed by atoms with Gasteiger partial charge in [-0.25, -0.2) is 5.43 Å². The minimum Gasteiger partial charge on any atom is -0.345 e. The zero-order valence-electron chi connectivity index (χ0n) is 15.3. The second-order valence-corrected chi connectivity index (χ2v) is 6.60. The van der Waals surface area contributed by atoms with Gasteiger partial charge in [0.15, 0.2) is 0 Å². The summed E-state index contributed by atoms with van der Waals surface area (Å²) in [6, 6.07) is 12.7. The fourth-order valence-electron chi connectivity index (χ4n) is 2.90. The third-order valence-corrected chi connectivity index (χ3v) is 4.48. The lowest BCUT2D eigenvalue weighted by Crippen LogP contribution is -2.19. The Balaban J connectivity index is 1.79. The van der Waals surface area contributed by atoms with Crippen molar-refractivity contribution in [3.63, 3.8) is 0 Å². The fraction of sp³-hybridized carbons (Fsp3) is 0.200. The van der Waals surface area contributed by atoms with E-state index in [0.29, 0.717) is 22.4 Å². The minimum absolute atomic E-state index is 0.0663. The van der Waals surface area contributed by atoms with Gasteiger partial charge in [0.25, 0.3) is 11.6 Å². The van der Waals surface area contributed by atoms with E-state index in [9.17, 15) is 14.9 Å². The van der Waals surface area contributed by atoms with Crippen LogP contribution in [0, 0.1) is 17.0 Å². The van der Waals surface area contributed by atoms with Crippen molar-refractivity contribution in [3.05, 3.63) is 75.0 Å². The number of para-hydroxylation sites is 1. The molecule has 0 aliphatic heterocycles. The van der Waals surface area contributed by atoms with Gasteiger partial charge in [-0.3, -0.25) is 14.9 Å². The Labute approximate surface area is 156 Å². The molecular formula is C20H20N4O3. The van der Waals surface area contributed by atoms with E-state index in [1.807, 2.05) is 24.3 Å². The summed E-state index contributed by atoms with van der Waals surface area (Å²) < 4.78 is 0. The molecule has 7 nitrogen and oxygen atoms in total. The smallest absolute Gasteiger partial charge is 0.293 e. The Morgan fingerprint density at radius 3 is 2.56 bits per heavy atom. The lowest BCUT2D eigenvalue weighted by molar-refractivity contribution is -0.383. The summed E-state index contributed by atoms with van der Waals surface area (Å²) >= 11 is 0. The van der Waals surface area contributed by atoms with Crippen LogP contribution in [-0.4, -0.2) is 22.0 Å². The average molecular weight is 364 g/mol. The van der Waals surface area contributed by atoms with Crippen LogP contribution in [0.5, 0.6) is 0 Å². The zero-order valence-corrected chi connectivity index (χ0v) is 15.3. The van der Waals surface area contributed by atoms with Crippen LogP contribution in [0.4, 0.5) is 5.69 Å². The largest absolute Gasteiger partial charge is 0.345 e. The molecule has 2 aromatic carbocycles. The molecule has 3 rings (SSSR count). The number of aryl methyl sites for hydroxylation is 1. The lowest BCUT2D eigenvalue weighted by Gasteiger charge is -2.04. The van der Waals surface area contributed by atoms with Crippen molar-refractivity contribution in [1.29, 1.82) is 0 Å². The molecule has 0 fully saturated rings. The molecule has 3 aromatic rings. The highest BCUT2D eigenvalue weighted by molar-refractivity contribution is 6.03. The third-order valence-electron chi connectivity index (χ3n) is 4.48. The van der Waals surface area contributed by atoms with Crippen LogP contribution in [0.15, 0.2) is 47.6 Å². The predicted molar refractivity (Wildman–Crippen MR) is 105 cm³/mol. The van der Waals surface area contributed by atoms with Gasteiger partial charge in [-0.1, -0.05) is 50.2 Å². The van der Waals surface area contributed by atoms with Crippen molar-refractivity contribution in [2.24, 2.45) is 5.10 Å². The van der Waals surface area contributed by atoms with E-state index in [0.717, 1.165) is 5.56 Å². The van der Waals surface area contributed by atoms with E-state index in [4.69, 9.17) is 0 Å². The van der Waals surface area contributed by atoms with Crippen molar-refractivity contribution in [1.82, 2.24) is 10.4 Å². The highest BCUT2D eigenvalue weighted by Crippen LogP contribution is 2.29. The number of nitrogens with zero attached hydrogens (tertiary/aromatic N) is 2. The standard InChI is InChI=1S/C20H20N4O3/c1-12(2)15-9-7-14(8-10-15)11-21-23-20(25)18-13(3)16-5-4-6-17(24(26)27)19(16)22-18/h4-12,22H,1-3H3,(H,23,25)/b21-11-. The Kier molecular flexibility index (Phi) is 5.03. The van der Waals surface area contributed by atoms with Crippen LogP contribution >= 0.6 is 0 Å². The van der Waals surface area contributed by atoms with Gasteiger partial charge in [0.05, 0.1) is 11.1 Å². The van der Waals surface area contributed by atoms with Gasteiger partial charge >= 0.3 is 0 Å². The van der Waals surface area contributed by atoms with Crippen molar-refractivity contribution in [2.75, 3.05) is 0 Å². The van der Waals surface area contributed by atoms with Gasteiger partial charge in [-0.05, 0) is 29.5 Å². The Bertz CT molecular complexity index is 1030. The molecule has 138 valence electrons. The molecule has 0 radical (unpaired) electrons. The summed E-state index contributed by atoms with van der Waals surface area (Å²) in [7, 11) is 0. The first kappa shape index (κ1) is 18.3. The number of hydrazone groups is 1. The molecular weight excluding hydrogens is 344 g/mol. The van der Waals surface area contributed by atoms with E-state index < -0.39 is 10.8 Å².